The maximum Gasteiger partial charge on any atom is 0.243 e. The average Bonchev–Trinajstić information content (AvgIpc) is 2.71. The van der Waals surface area contributed by atoms with E-state index >= 15 is 0 Å². The molecule has 0 radical (unpaired) electrons. The van der Waals surface area contributed by atoms with Crippen LogP contribution in [0.15, 0.2) is 17.0 Å². The summed E-state index contributed by atoms with van der Waals surface area (Å²) in [4.78, 5) is 0.222. The molecule has 120 valence electrons. The van der Waals surface area contributed by atoms with E-state index in [4.69, 9.17) is 5.73 Å². The lowest BCUT2D eigenvalue weighted by atomic mass is 9.90. The van der Waals surface area contributed by atoms with E-state index in [2.05, 4.69) is 0 Å². The summed E-state index contributed by atoms with van der Waals surface area (Å²) in [6, 6.07) is 2.52. The molecule has 0 aliphatic carbocycles. The summed E-state index contributed by atoms with van der Waals surface area (Å²) in [6.45, 7) is 6.59. The number of hydrogen-bond acceptors (Lipinski definition) is 3. The highest BCUT2D eigenvalue weighted by Gasteiger charge is 2.39. The van der Waals surface area contributed by atoms with Crippen molar-refractivity contribution in [2.45, 2.75) is 32.1 Å². The zero-order valence-corrected chi connectivity index (χ0v) is 14.2. The van der Waals surface area contributed by atoms with Gasteiger partial charge in [0, 0.05) is 13.1 Å². The van der Waals surface area contributed by atoms with E-state index in [1.54, 1.807) is 13.8 Å². The number of hydrogen-bond donors (Lipinski definition) is 1. The monoisotopic (exact) mass is 336 g/mol. The summed E-state index contributed by atoms with van der Waals surface area (Å²) >= 11 is 0. The quantitative estimate of drug-likeness (QED) is 0.920. The Labute approximate surface area is 132 Å². The minimum atomic E-state index is -3.59. The van der Waals surface area contributed by atoms with E-state index in [1.165, 1.54) is 16.4 Å². The van der Waals surface area contributed by atoms with Gasteiger partial charge in [-0.3, -0.25) is 0 Å². The molecule has 21 heavy (non-hydrogen) atoms. The van der Waals surface area contributed by atoms with Crippen LogP contribution in [-0.4, -0.2) is 32.4 Å². The molecule has 1 atom stereocenters. The first kappa shape index (κ1) is 18.4. The van der Waals surface area contributed by atoms with E-state index in [1.807, 2.05) is 6.92 Å². The molecule has 1 saturated heterocycles. The van der Waals surface area contributed by atoms with Gasteiger partial charge in [0.15, 0.2) is 0 Å². The summed E-state index contributed by atoms with van der Waals surface area (Å²) in [5.41, 5.74) is 6.45. The number of sulfonamides is 1. The SMILES string of the molecule is Cc1cc(F)cc(C)c1S(=O)(=O)N1CCC(C)(CN)C1.Cl. The van der Waals surface area contributed by atoms with E-state index in [-0.39, 0.29) is 22.7 Å². The fourth-order valence-corrected chi connectivity index (χ4v) is 4.79. The molecule has 0 aromatic heterocycles. The van der Waals surface area contributed by atoms with E-state index in [0.717, 1.165) is 6.42 Å². The summed E-state index contributed by atoms with van der Waals surface area (Å²) in [6.07, 6.45) is 0.752. The van der Waals surface area contributed by atoms with Gasteiger partial charge in [0.2, 0.25) is 10.0 Å². The van der Waals surface area contributed by atoms with Crippen molar-refractivity contribution >= 4 is 22.4 Å². The van der Waals surface area contributed by atoms with Crippen LogP contribution in [0.3, 0.4) is 0 Å². The molecule has 0 bridgehead atoms. The van der Waals surface area contributed by atoms with Crippen LogP contribution in [0.1, 0.15) is 24.5 Å². The van der Waals surface area contributed by atoms with Crippen molar-refractivity contribution in [3.05, 3.63) is 29.1 Å². The standard InChI is InChI=1S/C14H21FN2O2S.ClH/c1-10-6-12(15)7-11(2)13(10)20(18,19)17-5-4-14(3,8-16)9-17;/h6-7H,4-5,8-9,16H2,1-3H3;1H. The molecule has 1 aliphatic rings. The summed E-state index contributed by atoms with van der Waals surface area (Å²) in [7, 11) is -3.59. The molecule has 1 unspecified atom stereocenters. The normalized spacial score (nSPS) is 23.1. The van der Waals surface area contributed by atoms with E-state index < -0.39 is 15.8 Å². The predicted molar refractivity (Wildman–Crippen MR) is 83.7 cm³/mol. The molecule has 1 aliphatic heterocycles. The van der Waals surface area contributed by atoms with Crippen molar-refractivity contribution in [1.29, 1.82) is 0 Å². The maximum absolute atomic E-state index is 13.3. The molecule has 1 aromatic carbocycles. The smallest absolute Gasteiger partial charge is 0.243 e. The Morgan fingerprint density at radius 1 is 1.33 bits per heavy atom. The minimum absolute atomic E-state index is 0. The van der Waals surface area contributed by atoms with Crippen molar-refractivity contribution in [2.75, 3.05) is 19.6 Å². The maximum atomic E-state index is 13.3. The second-order valence-electron chi connectivity index (χ2n) is 5.97. The molecule has 0 spiro atoms. The van der Waals surface area contributed by atoms with Gasteiger partial charge < -0.3 is 5.73 Å². The highest BCUT2D eigenvalue weighted by atomic mass is 35.5. The Balaban J connectivity index is 0.00000220. The summed E-state index contributed by atoms with van der Waals surface area (Å²) in [5.74, 6) is -0.410. The van der Waals surface area contributed by atoms with Crippen LogP contribution in [0.4, 0.5) is 4.39 Å². The van der Waals surface area contributed by atoms with Gasteiger partial charge in [0.05, 0.1) is 4.90 Å². The first-order valence-electron chi connectivity index (χ1n) is 6.67. The van der Waals surface area contributed by atoms with Crippen LogP contribution in [0.25, 0.3) is 0 Å². The molecule has 0 saturated carbocycles. The van der Waals surface area contributed by atoms with Gasteiger partial charge in [0.25, 0.3) is 0 Å². The second-order valence-corrected chi connectivity index (χ2v) is 7.85. The molecule has 7 heteroatoms. The van der Waals surface area contributed by atoms with Crippen molar-refractivity contribution in [3.63, 3.8) is 0 Å². The van der Waals surface area contributed by atoms with Gasteiger partial charge in [0.1, 0.15) is 5.82 Å². The van der Waals surface area contributed by atoms with Crippen LogP contribution >= 0.6 is 12.4 Å². The van der Waals surface area contributed by atoms with Crippen molar-refractivity contribution in [2.24, 2.45) is 11.1 Å². The molecule has 4 nitrogen and oxygen atoms in total. The van der Waals surface area contributed by atoms with Crippen molar-refractivity contribution < 1.29 is 12.8 Å². The fraction of sp³-hybridized carbons (Fsp3) is 0.571. The highest BCUT2D eigenvalue weighted by Crippen LogP contribution is 2.34. The molecule has 1 fully saturated rings. The van der Waals surface area contributed by atoms with Crippen LogP contribution in [-0.2, 0) is 10.0 Å². The lowest BCUT2D eigenvalue weighted by Gasteiger charge is -2.23. The van der Waals surface area contributed by atoms with Gasteiger partial charge >= 0.3 is 0 Å². The molecule has 2 N–H and O–H groups in total. The Morgan fingerprint density at radius 2 is 1.86 bits per heavy atom. The second kappa shape index (κ2) is 6.20. The first-order chi connectivity index (χ1) is 9.19. The fourth-order valence-electron chi connectivity index (χ4n) is 2.78. The topological polar surface area (TPSA) is 63.4 Å². The summed E-state index contributed by atoms with van der Waals surface area (Å²) in [5, 5.41) is 0. The minimum Gasteiger partial charge on any atom is -0.330 e. The van der Waals surface area contributed by atoms with Gasteiger partial charge in [-0.1, -0.05) is 6.92 Å². The summed E-state index contributed by atoms with van der Waals surface area (Å²) < 4.78 is 40.3. The van der Waals surface area contributed by atoms with Crippen LogP contribution in [0.2, 0.25) is 0 Å². The van der Waals surface area contributed by atoms with Crippen LogP contribution in [0, 0.1) is 25.1 Å². The largest absolute Gasteiger partial charge is 0.330 e. The van der Waals surface area contributed by atoms with Crippen LogP contribution < -0.4 is 5.73 Å². The van der Waals surface area contributed by atoms with E-state index in [9.17, 15) is 12.8 Å². The third-order valence-electron chi connectivity index (χ3n) is 4.04. The molecular weight excluding hydrogens is 315 g/mol. The van der Waals surface area contributed by atoms with Gasteiger partial charge in [-0.2, -0.15) is 4.31 Å². The number of nitrogens with two attached hydrogens (primary N) is 1. The Hall–Kier alpha value is -0.690. The molecule has 1 aromatic rings. The molecular formula is C14H22ClFN2O2S. The van der Waals surface area contributed by atoms with Crippen molar-refractivity contribution in [1.82, 2.24) is 4.31 Å². The number of benzene rings is 1. The van der Waals surface area contributed by atoms with Crippen molar-refractivity contribution in [3.8, 4) is 0 Å². The lowest BCUT2D eigenvalue weighted by Crippen LogP contribution is -2.35. The van der Waals surface area contributed by atoms with E-state index in [0.29, 0.717) is 30.8 Å². The number of halogens is 2. The number of aryl methyl sites for hydroxylation is 2. The van der Waals surface area contributed by atoms with Gasteiger partial charge in [-0.15, -0.1) is 12.4 Å². The van der Waals surface area contributed by atoms with Gasteiger partial charge in [-0.25, -0.2) is 12.8 Å². The molecule has 2 rings (SSSR count). The zero-order valence-electron chi connectivity index (χ0n) is 12.5. The average molecular weight is 337 g/mol. The Morgan fingerprint density at radius 3 is 2.29 bits per heavy atom. The van der Waals surface area contributed by atoms with Gasteiger partial charge in [-0.05, 0) is 55.5 Å². The van der Waals surface area contributed by atoms with Crippen LogP contribution in [0.5, 0.6) is 0 Å². The molecule has 1 heterocycles. The third kappa shape index (κ3) is 3.39. The predicted octanol–water partition coefficient (Wildman–Crippen LogP) is 2.22. The highest BCUT2D eigenvalue weighted by molar-refractivity contribution is 7.89. The zero-order chi connectivity index (χ0) is 15.1. The Kier molecular flexibility index (Phi) is 5.42. The first-order valence-corrected chi connectivity index (χ1v) is 8.11. The number of nitrogens with zero attached hydrogens (tertiary/aromatic N) is 1. The molecule has 0 amide bonds. The third-order valence-corrected chi connectivity index (χ3v) is 6.19. The Bertz CT molecular complexity index is 613. The lowest BCUT2D eigenvalue weighted by molar-refractivity contribution is 0.349. The number of rotatable bonds is 3.